The van der Waals surface area contributed by atoms with E-state index in [0.29, 0.717) is 28.9 Å². The van der Waals surface area contributed by atoms with Crippen LogP contribution in [0.15, 0.2) is 45.8 Å². The van der Waals surface area contributed by atoms with Crippen molar-refractivity contribution in [2.45, 2.75) is 24.2 Å². The van der Waals surface area contributed by atoms with Gasteiger partial charge in [-0.05, 0) is 49.6 Å². The van der Waals surface area contributed by atoms with Crippen LogP contribution in [0, 0.1) is 0 Å². The van der Waals surface area contributed by atoms with Gasteiger partial charge in [-0.15, -0.1) is 0 Å². The molecule has 2 aromatic rings. The minimum atomic E-state index is -3.99. The Morgan fingerprint density at radius 3 is 2.64 bits per heavy atom. The quantitative estimate of drug-likeness (QED) is 0.743. The summed E-state index contributed by atoms with van der Waals surface area (Å²) < 4.78 is 39.9. The maximum Gasteiger partial charge on any atom is 0.265 e. The van der Waals surface area contributed by atoms with Gasteiger partial charge < -0.3 is 14.4 Å². The molecule has 0 spiro atoms. The van der Waals surface area contributed by atoms with E-state index in [2.05, 4.69) is 20.7 Å². The van der Waals surface area contributed by atoms with Crippen LogP contribution in [-0.4, -0.2) is 39.1 Å². The van der Waals surface area contributed by atoms with Gasteiger partial charge in [0.1, 0.15) is 4.90 Å². The summed E-state index contributed by atoms with van der Waals surface area (Å²) in [6.45, 7) is 1.33. The maximum absolute atomic E-state index is 13.0. The van der Waals surface area contributed by atoms with Crippen molar-refractivity contribution < 1.29 is 22.7 Å². The molecule has 7 nitrogen and oxygen atoms in total. The topological polar surface area (TPSA) is 84.9 Å². The van der Waals surface area contributed by atoms with E-state index in [1.54, 1.807) is 35.2 Å². The predicted molar refractivity (Wildman–Crippen MR) is 107 cm³/mol. The number of hydrogen-bond acceptors (Lipinski definition) is 5. The standard InChI is InChI=1S/C19H19BrN2O5S/c20-13-7-8-14(19(23)22-9-2-1-3-10-22)15(11-13)21-28(24,25)17-6-4-5-16-18(17)27-12-26-16/h4-8,11,21H,1-3,9-10,12H2. The fraction of sp³-hybridized carbons (Fsp3) is 0.316. The lowest BCUT2D eigenvalue weighted by Crippen LogP contribution is -2.36. The Balaban J connectivity index is 1.69. The van der Waals surface area contributed by atoms with E-state index in [4.69, 9.17) is 9.47 Å². The van der Waals surface area contributed by atoms with E-state index < -0.39 is 10.0 Å². The van der Waals surface area contributed by atoms with Gasteiger partial charge in [-0.2, -0.15) is 0 Å². The Morgan fingerprint density at radius 2 is 1.86 bits per heavy atom. The first kappa shape index (κ1) is 19.1. The summed E-state index contributed by atoms with van der Waals surface area (Å²) in [5, 5.41) is 0. The molecule has 2 aliphatic rings. The second-order valence-corrected chi connectivity index (χ2v) is 9.20. The zero-order chi connectivity index (χ0) is 19.7. The molecule has 1 N–H and O–H groups in total. The first-order valence-corrected chi connectivity index (χ1v) is 11.2. The van der Waals surface area contributed by atoms with E-state index >= 15 is 0 Å². The Labute approximate surface area is 171 Å². The van der Waals surface area contributed by atoms with E-state index in [1.807, 2.05) is 0 Å². The third-order valence-corrected chi connectivity index (χ3v) is 6.63. The second-order valence-electron chi connectivity index (χ2n) is 6.64. The zero-order valence-corrected chi connectivity index (χ0v) is 17.4. The number of nitrogens with zero attached hydrogens (tertiary/aromatic N) is 1. The van der Waals surface area contributed by atoms with Gasteiger partial charge in [-0.3, -0.25) is 9.52 Å². The first-order valence-electron chi connectivity index (χ1n) is 8.96. The molecule has 0 saturated carbocycles. The number of likely N-dealkylation sites (tertiary alicyclic amines) is 1. The van der Waals surface area contributed by atoms with Gasteiger partial charge in [0.15, 0.2) is 11.5 Å². The molecule has 1 amide bonds. The minimum absolute atomic E-state index is 0.0288. The number of para-hydroxylation sites is 1. The van der Waals surface area contributed by atoms with Crippen molar-refractivity contribution in [2.75, 3.05) is 24.6 Å². The molecule has 0 bridgehead atoms. The fourth-order valence-corrected chi connectivity index (χ4v) is 4.96. The van der Waals surface area contributed by atoms with Crippen LogP contribution >= 0.6 is 15.9 Å². The molecule has 2 aromatic carbocycles. The smallest absolute Gasteiger partial charge is 0.265 e. The van der Waals surface area contributed by atoms with Gasteiger partial charge in [0, 0.05) is 17.6 Å². The molecular formula is C19H19BrN2O5S. The van der Waals surface area contributed by atoms with E-state index in [1.165, 1.54) is 6.07 Å². The van der Waals surface area contributed by atoms with E-state index in [0.717, 1.165) is 19.3 Å². The Morgan fingerprint density at radius 1 is 1.07 bits per heavy atom. The molecule has 2 heterocycles. The summed E-state index contributed by atoms with van der Waals surface area (Å²) in [4.78, 5) is 14.7. The van der Waals surface area contributed by atoms with Crippen LogP contribution in [0.4, 0.5) is 5.69 Å². The minimum Gasteiger partial charge on any atom is -0.454 e. The van der Waals surface area contributed by atoms with Crippen LogP contribution in [0.5, 0.6) is 11.5 Å². The average molecular weight is 467 g/mol. The van der Waals surface area contributed by atoms with Crippen LogP contribution in [0.1, 0.15) is 29.6 Å². The lowest BCUT2D eigenvalue weighted by molar-refractivity contribution is 0.0725. The van der Waals surface area contributed by atoms with Crippen molar-refractivity contribution in [2.24, 2.45) is 0 Å². The molecule has 1 fully saturated rings. The number of halogens is 1. The van der Waals surface area contributed by atoms with Gasteiger partial charge in [0.05, 0.1) is 11.3 Å². The van der Waals surface area contributed by atoms with Crippen molar-refractivity contribution >= 4 is 37.5 Å². The SMILES string of the molecule is O=C(c1ccc(Br)cc1NS(=O)(=O)c1cccc2c1OCO2)N1CCCCC1. The van der Waals surface area contributed by atoms with Gasteiger partial charge in [0.25, 0.3) is 15.9 Å². The number of nitrogens with one attached hydrogen (secondary N) is 1. The number of sulfonamides is 1. The van der Waals surface area contributed by atoms with Crippen LogP contribution in [-0.2, 0) is 10.0 Å². The Bertz CT molecular complexity index is 1020. The predicted octanol–water partition coefficient (Wildman–Crippen LogP) is 3.60. The number of rotatable bonds is 4. The summed E-state index contributed by atoms with van der Waals surface area (Å²) in [5.41, 5.74) is 0.542. The largest absolute Gasteiger partial charge is 0.454 e. The molecule has 0 unspecified atom stereocenters. The first-order chi connectivity index (χ1) is 13.5. The van der Waals surface area contributed by atoms with Crippen molar-refractivity contribution in [3.8, 4) is 11.5 Å². The molecule has 148 valence electrons. The molecule has 4 rings (SSSR count). The van der Waals surface area contributed by atoms with Crippen LogP contribution < -0.4 is 14.2 Å². The summed E-state index contributed by atoms with van der Waals surface area (Å²) in [5.74, 6) is 0.374. The number of benzene rings is 2. The van der Waals surface area contributed by atoms with Crippen LogP contribution in [0.2, 0.25) is 0 Å². The number of amides is 1. The van der Waals surface area contributed by atoms with Crippen LogP contribution in [0.25, 0.3) is 0 Å². The highest BCUT2D eigenvalue weighted by Gasteiger charge is 2.28. The lowest BCUT2D eigenvalue weighted by atomic mass is 10.1. The number of carbonyl (C=O) groups is 1. The summed E-state index contributed by atoms with van der Waals surface area (Å²) in [6, 6.07) is 9.63. The number of ether oxygens (including phenoxy) is 2. The summed E-state index contributed by atoms with van der Waals surface area (Å²) in [6.07, 6.45) is 3.01. The van der Waals surface area contributed by atoms with Crippen molar-refractivity contribution in [3.05, 3.63) is 46.4 Å². The number of carbonyl (C=O) groups excluding carboxylic acids is 1. The van der Waals surface area contributed by atoms with Crippen molar-refractivity contribution in [1.82, 2.24) is 4.90 Å². The number of hydrogen-bond donors (Lipinski definition) is 1. The molecule has 28 heavy (non-hydrogen) atoms. The molecule has 1 saturated heterocycles. The number of piperidine rings is 1. The van der Waals surface area contributed by atoms with Crippen molar-refractivity contribution in [3.63, 3.8) is 0 Å². The molecule has 0 aliphatic carbocycles. The monoisotopic (exact) mass is 466 g/mol. The third kappa shape index (κ3) is 3.68. The molecule has 0 aromatic heterocycles. The molecule has 9 heteroatoms. The number of fused-ring (bicyclic) bond motifs is 1. The van der Waals surface area contributed by atoms with Crippen LogP contribution in [0.3, 0.4) is 0 Å². The highest BCUT2D eigenvalue weighted by atomic mass is 79.9. The second kappa shape index (κ2) is 7.63. The van der Waals surface area contributed by atoms with E-state index in [9.17, 15) is 13.2 Å². The zero-order valence-electron chi connectivity index (χ0n) is 15.0. The molecular weight excluding hydrogens is 448 g/mol. The average Bonchev–Trinajstić information content (AvgIpc) is 3.16. The van der Waals surface area contributed by atoms with Gasteiger partial charge in [0.2, 0.25) is 6.79 Å². The molecule has 2 aliphatic heterocycles. The Hall–Kier alpha value is -2.26. The lowest BCUT2D eigenvalue weighted by Gasteiger charge is -2.27. The van der Waals surface area contributed by atoms with Gasteiger partial charge in [-0.25, -0.2) is 8.42 Å². The molecule has 0 radical (unpaired) electrons. The molecule has 0 atom stereocenters. The number of anilines is 1. The summed E-state index contributed by atoms with van der Waals surface area (Å²) >= 11 is 3.35. The van der Waals surface area contributed by atoms with Crippen molar-refractivity contribution in [1.29, 1.82) is 0 Å². The highest BCUT2D eigenvalue weighted by Crippen LogP contribution is 2.39. The normalized spacial score (nSPS) is 16.1. The summed E-state index contributed by atoms with van der Waals surface area (Å²) in [7, 11) is -3.99. The highest BCUT2D eigenvalue weighted by molar-refractivity contribution is 9.10. The van der Waals surface area contributed by atoms with E-state index in [-0.39, 0.29) is 29.0 Å². The Kier molecular flexibility index (Phi) is 5.20. The maximum atomic E-state index is 13.0. The van der Waals surface area contributed by atoms with Gasteiger partial charge in [-0.1, -0.05) is 22.0 Å². The third-order valence-electron chi connectivity index (χ3n) is 4.75. The van der Waals surface area contributed by atoms with Gasteiger partial charge >= 0.3 is 0 Å². The fourth-order valence-electron chi connectivity index (χ4n) is 3.37.